The Bertz CT molecular complexity index is 782. The molecule has 0 bridgehead atoms. The second-order valence-electron chi connectivity index (χ2n) is 6.15. The van der Waals surface area contributed by atoms with Crippen molar-refractivity contribution >= 4 is 35.8 Å². The van der Waals surface area contributed by atoms with E-state index in [-0.39, 0.29) is 30.8 Å². The summed E-state index contributed by atoms with van der Waals surface area (Å²) in [5.74, 6) is 3.28. The number of nitrogens with one attached hydrogen (secondary N) is 2. The van der Waals surface area contributed by atoms with E-state index in [1.54, 1.807) is 0 Å². The Kier molecular flexibility index (Phi) is 7.96. The zero-order chi connectivity index (χ0) is 18.4. The molecule has 8 heteroatoms. The fourth-order valence-electron chi connectivity index (χ4n) is 2.55. The summed E-state index contributed by atoms with van der Waals surface area (Å²) in [6, 6.07) is 9.97. The van der Waals surface area contributed by atoms with Crippen LogP contribution in [0.2, 0.25) is 0 Å². The van der Waals surface area contributed by atoms with Crippen LogP contribution in [0, 0.1) is 0 Å². The van der Waals surface area contributed by atoms with Crippen molar-refractivity contribution in [3.8, 4) is 11.5 Å². The van der Waals surface area contributed by atoms with Gasteiger partial charge in [0.1, 0.15) is 5.82 Å². The maximum absolute atomic E-state index is 5.42. The molecule has 1 aliphatic heterocycles. The number of guanidine groups is 1. The number of aliphatic imine (C=N–C) groups is 1. The van der Waals surface area contributed by atoms with Gasteiger partial charge in [-0.05, 0) is 42.3 Å². The SMILES string of the molecule is CCNC(=NCc1ccc2c(c1)OCO2)NCc1ccnc(N(C)C)c1.I. The number of fused-ring (bicyclic) bond motifs is 1. The first-order valence-corrected chi connectivity index (χ1v) is 8.68. The first-order valence-electron chi connectivity index (χ1n) is 8.68. The van der Waals surface area contributed by atoms with Crippen LogP contribution in [0.1, 0.15) is 18.1 Å². The maximum atomic E-state index is 5.42. The molecule has 0 saturated carbocycles. The monoisotopic (exact) mass is 483 g/mol. The number of hydrogen-bond donors (Lipinski definition) is 2. The molecule has 2 heterocycles. The molecular formula is C19H26IN5O2. The summed E-state index contributed by atoms with van der Waals surface area (Å²) in [7, 11) is 3.97. The average Bonchev–Trinajstić information content (AvgIpc) is 3.12. The van der Waals surface area contributed by atoms with Crippen molar-refractivity contribution in [2.24, 2.45) is 4.99 Å². The van der Waals surface area contributed by atoms with Crippen LogP contribution in [0.3, 0.4) is 0 Å². The highest BCUT2D eigenvalue weighted by atomic mass is 127. The van der Waals surface area contributed by atoms with Gasteiger partial charge in [-0.3, -0.25) is 0 Å². The standard InChI is InChI=1S/C19H25N5O2.HI/c1-4-20-19(23-12-15-7-8-21-18(10-15)24(2)3)22-11-14-5-6-16-17(9-14)26-13-25-16;/h5-10H,4,11-13H2,1-3H3,(H2,20,22,23);1H. The van der Waals surface area contributed by atoms with Crippen LogP contribution in [0.25, 0.3) is 0 Å². The number of rotatable bonds is 6. The van der Waals surface area contributed by atoms with E-state index in [9.17, 15) is 0 Å². The molecule has 2 aromatic rings. The molecule has 1 aromatic heterocycles. The van der Waals surface area contributed by atoms with Crippen LogP contribution >= 0.6 is 24.0 Å². The number of hydrogen-bond acceptors (Lipinski definition) is 5. The summed E-state index contributed by atoms with van der Waals surface area (Å²) in [4.78, 5) is 11.0. The summed E-state index contributed by atoms with van der Waals surface area (Å²) in [5, 5.41) is 6.63. The van der Waals surface area contributed by atoms with Gasteiger partial charge in [0.2, 0.25) is 6.79 Å². The number of anilines is 1. The molecule has 146 valence electrons. The van der Waals surface area contributed by atoms with E-state index in [1.165, 1.54) is 0 Å². The lowest BCUT2D eigenvalue weighted by atomic mass is 10.2. The first-order chi connectivity index (χ1) is 12.7. The van der Waals surface area contributed by atoms with Gasteiger partial charge in [0.05, 0.1) is 6.54 Å². The number of nitrogens with zero attached hydrogens (tertiary/aromatic N) is 3. The predicted molar refractivity (Wildman–Crippen MR) is 118 cm³/mol. The van der Waals surface area contributed by atoms with Gasteiger partial charge in [0.15, 0.2) is 17.5 Å². The minimum atomic E-state index is 0. The lowest BCUT2D eigenvalue weighted by molar-refractivity contribution is 0.174. The van der Waals surface area contributed by atoms with Crippen LogP contribution in [0.5, 0.6) is 11.5 Å². The summed E-state index contributed by atoms with van der Waals surface area (Å²) in [6.45, 7) is 4.37. The predicted octanol–water partition coefficient (Wildman–Crippen LogP) is 2.75. The van der Waals surface area contributed by atoms with Crippen molar-refractivity contribution in [1.82, 2.24) is 15.6 Å². The zero-order valence-electron chi connectivity index (χ0n) is 15.9. The van der Waals surface area contributed by atoms with Crippen LogP contribution < -0.4 is 25.0 Å². The van der Waals surface area contributed by atoms with Crippen LogP contribution in [0.4, 0.5) is 5.82 Å². The molecule has 3 rings (SSSR count). The normalized spacial score (nSPS) is 12.3. The third-order valence-electron chi connectivity index (χ3n) is 3.93. The molecule has 0 radical (unpaired) electrons. The second kappa shape index (κ2) is 10.2. The van der Waals surface area contributed by atoms with E-state index >= 15 is 0 Å². The Labute approximate surface area is 177 Å². The third kappa shape index (κ3) is 5.88. The number of benzene rings is 1. The Morgan fingerprint density at radius 1 is 1.11 bits per heavy atom. The Morgan fingerprint density at radius 2 is 1.93 bits per heavy atom. The van der Waals surface area contributed by atoms with Crippen molar-refractivity contribution in [2.75, 3.05) is 32.3 Å². The molecule has 2 N–H and O–H groups in total. The van der Waals surface area contributed by atoms with Crippen molar-refractivity contribution < 1.29 is 9.47 Å². The lowest BCUT2D eigenvalue weighted by Crippen LogP contribution is -2.36. The van der Waals surface area contributed by atoms with E-state index in [0.29, 0.717) is 13.1 Å². The molecule has 0 unspecified atom stereocenters. The number of ether oxygens (including phenoxy) is 2. The highest BCUT2D eigenvalue weighted by molar-refractivity contribution is 14.0. The summed E-state index contributed by atoms with van der Waals surface area (Å²) < 4.78 is 10.8. The maximum Gasteiger partial charge on any atom is 0.231 e. The molecule has 0 saturated heterocycles. The Balaban J connectivity index is 0.00000261. The van der Waals surface area contributed by atoms with Gasteiger partial charge < -0.3 is 25.0 Å². The fraction of sp³-hybridized carbons (Fsp3) is 0.368. The van der Waals surface area contributed by atoms with Gasteiger partial charge in [-0.1, -0.05) is 6.07 Å². The fourth-order valence-corrected chi connectivity index (χ4v) is 2.55. The van der Waals surface area contributed by atoms with E-state index in [1.807, 2.05) is 56.4 Å². The van der Waals surface area contributed by atoms with Gasteiger partial charge >= 0.3 is 0 Å². The number of aromatic nitrogens is 1. The van der Waals surface area contributed by atoms with E-state index in [2.05, 4.69) is 26.7 Å². The largest absolute Gasteiger partial charge is 0.454 e. The second-order valence-corrected chi connectivity index (χ2v) is 6.15. The van der Waals surface area contributed by atoms with Crippen LogP contribution in [-0.4, -0.2) is 38.4 Å². The van der Waals surface area contributed by atoms with E-state index in [4.69, 9.17) is 9.47 Å². The van der Waals surface area contributed by atoms with Gasteiger partial charge in [-0.2, -0.15) is 0 Å². The van der Waals surface area contributed by atoms with Crippen molar-refractivity contribution in [3.05, 3.63) is 47.7 Å². The minimum absolute atomic E-state index is 0. The highest BCUT2D eigenvalue weighted by Crippen LogP contribution is 2.32. The number of pyridine rings is 1. The molecular weight excluding hydrogens is 457 g/mol. The van der Waals surface area contributed by atoms with Gasteiger partial charge in [0, 0.05) is 33.4 Å². The van der Waals surface area contributed by atoms with Gasteiger partial charge in [-0.15, -0.1) is 24.0 Å². The number of halogens is 1. The molecule has 1 aromatic carbocycles. The minimum Gasteiger partial charge on any atom is -0.454 e. The molecule has 0 spiro atoms. The summed E-state index contributed by atoms with van der Waals surface area (Å²) in [5.41, 5.74) is 2.22. The average molecular weight is 483 g/mol. The lowest BCUT2D eigenvalue weighted by Gasteiger charge is -2.14. The van der Waals surface area contributed by atoms with Crippen LogP contribution in [0.15, 0.2) is 41.5 Å². The Hall–Kier alpha value is -2.23. The summed E-state index contributed by atoms with van der Waals surface area (Å²) in [6.07, 6.45) is 1.82. The first kappa shape index (κ1) is 21.1. The molecule has 0 aliphatic carbocycles. The molecule has 7 nitrogen and oxygen atoms in total. The van der Waals surface area contributed by atoms with Gasteiger partial charge in [0.25, 0.3) is 0 Å². The van der Waals surface area contributed by atoms with Gasteiger partial charge in [-0.25, -0.2) is 9.98 Å². The van der Waals surface area contributed by atoms with Crippen LogP contribution in [-0.2, 0) is 13.1 Å². The van der Waals surface area contributed by atoms with E-state index < -0.39 is 0 Å². The highest BCUT2D eigenvalue weighted by Gasteiger charge is 2.13. The molecule has 1 aliphatic rings. The topological polar surface area (TPSA) is 71.0 Å². The molecule has 0 fully saturated rings. The summed E-state index contributed by atoms with van der Waals surface area (Å²) >= 11 is 0. The van der Waals surface area contributed by atoms with Crippen molar-refractivity contribution in [3.63, 3.8) is 0 Å². The third-order valence-corrected chi connectivity index (χ3v) is 3.93. The molecule has 0 amide bonds. The Morgan fingerprint density at radius 3 is 2.70 bits per heavy atom. The molecule has 0 atom stereocenters. The zero-order valence-corrected chi connectivity index (χ0v) is 18.2. The molecule has 27 heavy (non-hydrogen) atoms. The quantitative estimate of drug-likeness (QED) is 0.374. The van der Waals surface area contributed by atoms with Crippen molar-refractivity contribution in [1.29, 1.82) is 0 Å². The van der Waals surface area contributed by atoms with E-state index in [0.717, 1.165) is 40.9 Å². The smallest absolute Gasteiger partial charge is 0.231 e. The van der Waals surface area contributed by atoms with Crippen molar-refractivity contribution in [2.45, 2.75) is 20.0 Å².